The topological polar surface area (TPSA) is 117 Å². The summed E-state index contributed by atoms with van der Waals surface area (Å²) in [6.45, 7) is 0.468. The minimum absolute atomic E-state index is 0.259. The number of nitrogens with one attached hydrogen (secondary N) is 1. The number of halogens is 3. The molecule has 3 rings (SSSR count). The highest BCUT2D eigenvalue weighted by Crippen LogP contribution is 2.43. The molecule has 0 aliphatic carbocycles. The quantitative estimate of drug-likeness (QED) is 0.491. The number of hydrogen-bond donors (Lipinski definition) is 3. The van der Waals surface area contributed by atoms with Crippen LogP contribution in [0.2, 0.25) is 0 Å². The number of alkyl halides is 3. The minimum atomic E-state index is -5.17. The molecule has 2 atom stereocenters. The van der Waals surface area contributed by atoms with Gasteiger partial charge in [0.2, 0.25) is 9.84 Å². The Kier molecular flexibility index (Phi) is 6.31. The fraction of sp³-hybridized carbons (Fsp3) is 0.200. The van der Waals surface area contributed by atoms with E-state index in [1.807, 2.05) is 0 Å². The number of para-hydroxylation sites is 1. The number of thiophene rings is 1. The third-order valence-corrected chi connectivity index (χ3v) is 7.94. The Hall–Kier alpha value is -2.96. The van der Waals surface area contributed by atoms with Gasteiger partial charge in [-0.1, -0.05) is 18.2 Å². The molecule has 1 aromatic carbocycles. The molecular weight excluding hydrogens is 469 g/mol. The first kappa shape index (κ1) is 23.7. The molecule has 12 heteroatoms. The van der Waals surface area contributed by atoms with Crippen molar-refractivity contribution in [1.82, 2.24) is 10.3 Å². The summed E-state index contributed by atoms with van der Waals surface area (Å²) in [6, 6.07) is 9.46. The van der Waals surface area contributed by atoms with Crippen LogP contribution in [0.15, 0.2) is 70.0 Å². The molecule has 0 bridgehead atoms. The Balaban J connectivity index is 2.04. The van der Waals surface area contributed by atoms with Gasteiger partial charge in [0.05, 0.1) is 5.56 Å². The third-order valence-electron chi connectivity index (χ3n) is 4.62. The Morgan fingerprint density at radius 1 is 1.09 bits per heavy atom. The molecular formula is C20H17F3N2O5S2. The van der Waals surface area contributed by atoms with Crippen molar-refractivity contribution < 1.29 is 36.6 Å². The van der Waals surface area contributed by atoms with Gasteiger partial charge in [-0.05, 0) is 43.3 Å². The average Bonchev–Trinajstić information content (AvgIpc) is 3.22. The van der Waals surface area contributed by atoms with E-state index in [-0.39, 0.29) is 19.7 Å². The van der Waals surface area contributed by atoms with Crippen molar-refractivity contribution in [1.29, 1.82) is 0 Å². The molecule has 0 aliphatic heterocycles. The Morgan fingerprint density at radius 2 is 1.75 bits per heavy atom. The molecule has 0 fully saturated rings. The molecule has 1 amide bonds. The van der Waals surface area contributed by atoms with Gasteiger partial charge < -0.3 is 15.5 Å². The second-order valence-corrected chi connectivity index (χ2v) is 10.1. The molecule has 2 heterocycles. The fourth-order valence-electron chi connectivity index (χ4n) is 2.77. The highest BCUT2D eigenvalue weighted by atomic mass is 32.2. The van der Waals surface area contributed by atoms with Gasteiger partial charge in [0.25, 0.3) is 5.91 Å². The summed E-state index contributed by atoms with van der Waals surface area (Å²) in [4.78, 5) is 16.1. The third kappa shape index (κ3) is 4.47. The highest BCUT2D eigenvalue weighted by molar-refractivity contribution is 7.93. The number of hydrogen-bond acceptors (Lipinski definition) is 7. The van der Waals surface area contributed by atoms with Crippen molar-refractivity contribution in [2.24, 2.45) is 0 Å². The molecule has 7 nitrogen and oxygen atoms in total. The smallest absolute Gasteiger partial charge is 0.419 e. The van der Waals surface area contributed by atoms with Gasteiger partial charge in [-0.3, -0.25) is 4.79 Å². The zero-order valence-corrected chi connectivity index (χ0v) is 18.0. The first-order valence-corrected chi connectivity index (χ1v) is 11.3. The molecule has 3 N–H and O–H groups in total. The number of aliphatic hydroxyl groups is 1. The molecule has 0 radical (unpaired) electrons. The SMILES string of the molecule is CC(O)(C(NC(=O)c1ccccc1O)c1ccc(S(=O)(=O)c2ccccn2)s1)C(F)(F)F. The van der Waals surface area contributed by atoms with E-state index >= 15 is 0 Å². The summed E-state index contributed by atoms with van der Waals surface area (Å²) < 4.78 is 66.1. The molecule has 170 valence electrons. The Morgan fingerprint density at radius 3 is 2.34 bits per heavy atom. The number of aromatic hydroxyl groups is 1. The summed E-state index contributed by atoms with van der Waals surface area (Å²) in [7, 11) is -4.13. The predicted octanol–water partition coefficient (Wildman–Crippen LogP) is 3.47. The second-order valence-electron chi connectivity index (χ2n) is 6.90. The van der Waals surface area contributed by atoms with Crippen molar-refractivity contribution in [2.45, 2.75) is 34.0 Å². The van der Waals surface area contributed by atoms with Crippen LogP contribution in [0.3, 0.4) is 0 Å². The molecule has 2 unspecified atom stereocenters. The summed E-state index contributed by atoms with van der Waals surface area (Å²) in [5.74, 6) is -1.56. The zero-order chi connectivity index (χ0) is 23.7. The van der Waals surface area contributed by atoms with Gasteiger partial charge in [-0.2, -0.15) is 13.2 Å². The van der Waals surface area contributed by atoms with E-state index in [2.05, 4.69) is 10.3 Å². The number of carbonyl (C=O) groups excluding carboxylic acids is 1. The van der Waals surface area contributed by atoms with Crippen LogP contribution in [-0.4, -0.2) is 41.3 Å². The number of phenols is 1. The van der Waals surface area contributed by atoms with Crippen molar-refractivity contribution in [3.05, 3.63) is 71.2 Å². The predicted molar refractivity (Wildman–Crippen MR) is 109 cm³/mol. The van der Waals surface area contributed by atoms with Crippen LogP contribution in [0.1, 0.15) is 28.2 Å². The first-order valence-electron chi connectivity index (χ1n) is 8.99. The van der Waals surface area contributed by atoms with Crippen LogP contribution >= 0.6 is 11.3 Å². The largest absolute Gasteiger partial charge is 0.507 e. The van der Waals surface area contributed by atoms with Gasteiger partial charge in [-0.15, -0.1) is 11.3 Å². The maximum Gasteiger partial charge on any atom is 0.419 e. The van der Waals surface area contributed by atoms with E-state index in [4.69, 9.17) is 0 Å². The number of rotatable bonds is 6. The van der Waals surface area contributed by atoms with Gasteiger partial charge in [-0.25, -0.2) is 13.4 Å². The Bertz CT molecular complexity index is 1230. The minimum Gasteiger partial charge on any atom is -0.507 e. The van der Waals surface area contributed by atoms with Crippen molar-refractivity contribution in [3.8, 4) is 5.75 Å². The van der Waals surface area contributed by atoms with Gasteiger partial charge in [0.15, 0.2) is 10.6 Å². The van der Waals surface area contributed by atoms with Crippen LogP contribution in [0.25, 0.3) is 0 Å². The van der Waals surface area contributed by atoms with E-state index in [0.717, 1.165) is 12.1 Å². The van der Waals surface area contributed by atoms with Crippen LogP contribution in [-0.2, 0) is 9.84 Å². The lowest BCUT2D eigenvalue weighted by molar-refractivity contribution is -0.263. The monoisotopic (exact) mass is 486 g/mol. The maximum atomic E-state index is 13.6. The molecule has 0 saturated heterocycles. The lowest BCUT2D eigenvalue weighted by atomic mass is 9.93. The van der Waals surface area contributed by atoms with Crippen LogP contribution in [0.4, 0.5) is 13.2 Å². The van der Waals surface area contributed by atoms with Crippen LogP contribution < -0.4 is 5.32 Å². The van der Waals surface area contributed by atoms with E-state index < -0.39 is 39.3 Å². The summed E-state index contributed by atoms with van der Waals surface area (Å²) >= 11 is 0.462. The molecule has 0 saturated carbocycles. The maximum absolute atomic E-state index is 13.6. The number of amides is 1. The average molecular weight is 486 g/mol. The molecule has 3 aromatic rings. The van der Waals surface area contributed by atoms with Gasteiger partial charge >= 0.3 is 6.18 Å². The van der Waals surface area contributed by atoms with E-state index in [1.54, 1.807) is 0 Å². The number of carbonyl (C=O) groups is 1. The standard InChI is InChI=1S/C20H17F3N2O5S2/c1-19(28,20(21,22)23)17(25-18(27)12-6-2-3-7-13(12)26)14-9-10-16(31-14)32(29,30)15-8-4-5-11-24-15/h2-11,17,26,28H,1H3,(H,25,27). The summed E-state index contributed by atoms with van der Waals surface area (Å²) in [6.07, 6.45) is -3.92. The number of phenolic OH excluding ortho intramolecular Hbond substituents is 1. The van der Waals surface area contributed by atoms with E-state index in [1.165, 1.54) is 48.7 Å². The van der Waals surface area contributed by atoms with Crippen LogP contribution in [0, 0.1) is 0 Å². The summed E-state index contributed by atoms with van der Waals surface area (Å²) in [5, 5.41) is 21.9. The van der Waals surface area contributed by atoms with Crippen molar-refractivity contribution in [2.75, 3.05) is 0 Å². The summed E-state index contributed by atoms with van der Waals surface area (Å²) in [5.41, 5.74) is -3.77. The van der Waals surface area contributed by atoms with Gasteiger partial charge in [0, 0.05) is 11.1 Å². The Labute approximate surface area is 185 Å². The normalized spacial score (nSPS) is 15.0. The molecule has 0 aliphatic rings. The molecule has 32 heavy (non-hydrogen) atoms. The van der Waals surface area contributed by atoms with E-state index in [0.29, 0.717) is 18.3 Å². The number of nitrogens with zero attached hydrogens (tertiary/aromatic N) is 1. The number of aromatic nitrogens is 1. The zero-order valence-electron chi connectivity index (χ0n) is 16.4. The van der Waals surface area contributed by atoms with Crippen LogP contribution in [0.5, 0.6) is 5.75 Å². The van der Waals surface area contributed by atoms with Gasteiger partial charge in [0.1, 0.15) is 16.0 Å². The van der Waals surface area contributed by atoms with Crippen molar-refractivity contribution >= 4 is 27.1 Å². The number of pyridine rings is 1. The van der Waals surface area contributed by atoms with Crippen molar-refractivity contribution in [3.63, 3.8) is 0 Å². The van der Waals surface area contributed by atoms with E-state index in [9.17, 15) is 36.6 Å². The highest BCUT2D eigenvalue weighted by Gasteiger charge is 2.56. The first-order chi connectivity index (χ1) is 14.9. The number of benzene rings is 1. The second kappa shape index (κ2) is 8.52. The molecule has 0 spiro atoms. The number of sulfone groups is 1. The molecule has 2 aromatic heterocycles. The lowest BCUT2D eigenvalue weighted by Crippen LogP contribution is -2.53. The lowest BCUT2D eigenvalue weighted by Gasteiger charge is -2.34. The fourth-order valence-corrected chi connectivity index (χ4v) is 5.57.